The van der Waals surface area contributed by atoms with Crippen molar-refractivity contribution in [1.82, 2.24) is 0 Å². The Hall–Kier alpha value is -2.43. The summed E-state index contributed by atoms with van der Waals surface area (Å²) in [5, 5.41) is 0. The highest BCUT2D eigenvalue weighted by Crippen LogP contribution is 2.38. The lowest BCUT2D eigenvalue weighted by atomic mass is 9.98. The molecule has 22 heavy (non-hydrogen) atoms. The van der Waals surface area contributed by atoms with E-state index in [4.69, 9.17) is 9.47 Å². The smallest absolute Gasteiger partial charge is 0.209 e. The topological polar surface area (TPSA) is 35.5 Å². The maximum atomic E-state index is 13.7. The van der Waals surface area contributed by atoms with E-state index in [1.54, 1.807) is 26.0 Å². The fourth-order valence-electron chi connectivity index (χ4n) is 2.39. The molecule has 1 heterocycles. The summed E-state index contributed by atoms with van der Waals surface area (Å²) in [6, 6.07) is 8.32. The molecule has 0 fully saturated rings. The van der Waals surface area contributed by atoms with Crippen molar-refractivity contribution in [2.75, 3.05) is 0 Å². The molecule has 1 aliphatic rings. The Morgan fingerprint density at radius 3 is 2.64 bits per heavy atom. The molecule has 1 aliphatic heterocycles. The monoisotopic (exact) mass is 304 g/mol. The molecule has 2 aromatic carbocycles. The molecule has 0 N–H and O–H groups in total. The van der Waals surface area contributed by atoms with Gasteiger partial charge in [0.25, 0.3) is 0 Å². The molecule has 114 valence electrons. The first kappa shape index (κ1) is 14.5. The van der Waals surface area contributed by atoms with Gasteiger partial charge in [-0.2, -0.15) is 0 Å². The Balaban J connectivity index is 1.92. The first-order chi connectivity index (χ1) is 10.4. The molecular formula is C17H14F2O3. The molecule has 0 saturated heterocycles. The number of hydrogen-bond acceptors (Lipinski definition) is 3. The van der Waals surface area contributed by atoms with E-state index in [-0.39, 0.29) is 23.7 Å². The number of hydrogen-bond donors (Lipinski definition) is 0. The molecule has 0 amide bonds. The zero-order chi connectivity index (χ0) is 15.9. The Kier molecular flexibility index (Phi) is 3.35. The van der Waals surface area contributed by atoms with Crippen LogP contribution in [0.1, 0.15) is 29.8 Å². The standard InChI is InChI=1S/C17H14F2O3/c1-17(2)16(20)12-8-11(18)7-10(15(12)22-17)9-21-14-6-4-3-5-13(14)19/h3-8H,9H2,1-2H3. The van der Waals surface area contributed by atoms with E-state index in [0.717, 1.165) is 6.07 Å². The van der Waals surface area contributed by atoms with E-state index in [1.165, 1.54) is 18.2 Å². The van der Waals surface area contributed by atoms with Crippen molar-refractivity contribution in [3.63, 3.8) is 0 Å². The highest BCUT2D eigenvalue weighted by Gasteiger charge is 2.41. The van der Waals surface area contributed by atoms with Crippen LogP contribution in [-0.2, 0) is 6.61 Å². The Bertz CT molecular complexity index is 754. The summed E-state index contributed by atoms with van der Waals surface area (Å²) < 4.78 is 38.3. The number of para-hydroxylation sites is 1. The third-order valence-electron chi connectivity index (χ3n) is 3.50. The molecule has 0 radical (unpaired) electrons. The van der Waals surface area contributed by atoms with Crippen molar-refractivity contribution in [3.8, 4) is 11.5 Å². The third-order valence-corrected chi connectivity index (χ3v) is 3.50. The van der Waals surface area contributed by atoms with Gasteiger partial charge in [-0.1, -0.05) is 12.1 Å². The molecule has 0 bridgehead atoms. The predicted molar refractivity (Wildman–Crippen MR) is 76.2 cm³/mol. The van der Waals surface area contributed by atoms with Crippen LogP contribution < -0.4 is 9.47 Å². The first-order valence-electron chi connectivity index (χ1n) is 6.82. The Morgan fingerprint density at radius 2 is 1.91 bits per heavy atom. The number of halogens is 2. The lowest BCUT2D eigenvalue weighted by Gasteiger charge is -2.16. The normalized spacial score (nSPS) is 15.4. The highest BCUT2D eigenvalue weighted by atomic mass is 19.1. The molecule has 0 aliphatic carbocycles. The fraction of sp³-hybridized carbons (Fsp3) is 0.235. The second kappa shape index (κ2) is 5.09. The van der Waals surface area contributed by atoms with Crippen LogP contribution in [0.5, 0.6) is 11.5 Å². The molecule has 3 nitrogen and oxygen atoms in total. The van der Waals surface area contributed by atoms with Gasteiger partial charge in [0.2, 0.25) is 5.78 Å². The van der Waals surface area contributed by atoms with Crippen LogP contribution in [-0.4, -0.2) is 11.4 Å². The first-order valence-corrected chi connectivity index (χ1v) is 6.82. The van der Waals surface area contributed by atoms with Crippen LogP contribution in [0.3, 0.4) is 0 Å². The molecule has 0 saturated carbocycles. The number of Topliss-reactive ketones (excluding diaryl/α,β-unsaturated/α-hetero) is 1. The summed E-state index contributed by atoms with van der Waals surface area (Å²) in [7, 11) is 0. The van der Waals surface area contributed by atoms with Crippen LogP contribution in [0.2, 0.25) is 0 Å². The van der Waals surface area contributed by atoms with Gasteiger partial charge in [0.1, 0.15) is 18.2 Å². The summed E-state index contributed by atoms with van der Waals surface area (Å²) in [6.07, 6.45) is 0. The number of ketones is 1. The second-order valence-corrected chi connectivity index (χ2v) is 5.60. The van der Waals surface area contributed by atoms with Crippen LogP contribution in [0, 0.1) is 11.6 Å². The molecule has 0 atom stereocenters. The van der Waals surface area contributed by atoms with Crippen molar-refractivity contribution < 1.29 is 23.0 Å². The third kappa shape index (κ3) is 2.43. The van der Waals surface area contributed by atoms with Gasteiger partial charge in [0.15, 0.2) is 17.2 Å². The minimum atomic E-state index is -1.04. The summed E-state index contributed by atoms with van der Waals surface area (Å²) >= 11 is 0. The number of benzene rings is 2. The number of ether oxygens (including phenoxy) is 2. The van der Waals surface area contributed by atoms with Crippen LogP contribution in [0.15, 0.2) is 36.4 Å². The van der Waals surface area contributed by atoms with E-state index < -0.39 is 17.2 Å². The molecule has 0 unspecified atom stereocenters. The maximum Gasteiger partial charge on any atom is 0.209 e. The summed E-state index contributed by atoms with van der Waals surface area (Å²) in [5.74, 6) is -0.987. The maximum absolute atomic E-state index is 13.7. The zero-order valence-corrected chi connectivity index (χ0v) is 12.2. The van der Waals surface area contributed by atoms with E-state index in [2.05, 4.69) is 0 Å². The highest BCUT2D eigenvalue weighted by molar-refractivity contribution is 6.07. The zero-order valence-electron chi connectivity index (χ0n) is 12.2. The number of rotatable bonds is 3. The molecule has 5 heteroatoms. The number of carbonyl (C=O) groups is 1. The van der Waals surface area contributed by atoms with Crippen LogP contribution in [0.25, 0.3) is 0 Å². The summed E-state index contributed by atoms with van der Waals surface area (Å²) in [6.45, 7) is 3.15. The van der Waals surface area contributed by atoms with Gasteiger partial charge in [0, 0.05) is 5.56 Å². The van der Waals surface area contributed by atoms with Crippen molar-refractivity contribution >= 4 is 5.78 Å². The molecule has 0 spiro atoms. The molecular weight excluding hydrogens is 290 g/mol. The van der Waals surface area contributed by atoms with E-state index in [1.807, 2.05) is 0 Å². The van der Waals surface area contributed by atoms with Gasteiger partial charge in [-0.25, -0.2) is 8.78 Å². The van der Waals surface area contributed by atoms with Crippen molar-refractivity contribution in [2.24, 2.45) is 0 Å². The Morgan fingerprint density at radius 1 is 1.18 bits per heavy atom. The quantitative estimate of drug-likeness (QED) is 0.863. The van der Waals surface area contributed by atoms with Crippen molar-refractivity contribution in [3.05, 3.63) is 59.2 Å². The average Bonchev–Trinajstić information content (AvgIpc) is 2.69. The predicted octanol–water partition coefficient (Wildman–Crippen LogP) is 3.90. The van der Waals surface area contributed by atoms with Crippen molar-refractivity contribution in [2.45, 2.75) is 26.1 Å². The number of carbonyl (C=O) groups excluding carboxylic acids is 1. The molecule has 2 aromatic rings. The average molecular weight is 304 g/mol. The largest absolute Gasteiger partial charge is 0.486 e. The molecule has 3 rings (SSSR count). The Labute approximate surface area is 126 Å². The van der Waals surface area contributed by atoms with Crippen molar-refractivity contribution in [1.29, 1.82) is 0 Å². The fourth-order valence-corrected chi connectivity index (χ4v) is 2.39. The van der Waals surface area contributed by atoms with Gasteiger partial charge < -0.3 is 9.47 Å². The van der Waals surface area contributed by atoms with E-state index >= 15 is 0 Å². The van der Waals surface area contributed by atoms with E-state index in [0.29, 0.717) is 11.3 Å². The second-order valence-electron chi connectivity index (χ2n) is 5.60. The van der Waals surface area contributed by atoms with Crippen LogP contribution >= 0.6 is 0 Å². The minimum absolute atomic E-state index is 0.0593. The van der Waals surface area contributed by atoms with Gasteiger partial charge in [0.05, 0.1) is 5.56 Å². The minimum Gasteiger partial charge on any atom is -0.486 e. The lowest BCUT2D eigenvalue weighted by Crippen LogP contribution is -2.32. The summed E-state index contributed by atoms with van der Waals surface area (Å²) in [4.78, 5) is 12.2. The van der Waals surface area contributed by atoms with Crippen LogP contribution in [0.4, 0.5) is 8.78 Å². The van der Waals surface area contributed by atoms with Gasteiger partial charge in [-0.3, -0.25) is 4.79 Å². The van der Waals surface area contributed by atoms with Gasteiger partial charge in [-0.05, 0) is 38.1 Å². The number of fused-ring (bicyclic) bond motifs is 1. The lowest BCUT2D eigenvalue weighted by molar-refractivity contribution is 0.0680. The molecule has 0 aromatic heterocycles. The SMILES string of the molecule is CC1(C)Oc2c(COc3ccccc3F)cc(F)cc2C1=O. The van der Waals surface area contributed by atoms with Gasteiger partial charge >= 0.3 is 0 Å². The summed E-state index contributed by atoms with van der Waals surface area (Å²) in [5.41, 5.74) is -0.475. The van der Waals surface area contributed by atoms with Gasteiger partial charge in [-0.15, -0.1) is 0 Å². The van der Waals surface area contributed by atoms with E-state index in [9.17, 15) is 13.6 Å².